The van der Waals surface area contributed by atoms with E-state index in [4.69, 9.17) is 0 Å². The van der Waals surface area contributed by atoms with E-state index >= 15 is 0 Å². The van der Waals surface area contributed by atoms with Crippen molar-refractivity contribution in [1.29, 1.82) is 0 Å². The van der Waals surface area contributed by atoms with Gasteiger partial charge in [0.05, 0.1) is 0 Å². The zero-order valence-corrected chi connectivity index (χ0v) is 17.7. The molecule has 0 heterocycles. The molecule has 1 saturated carbocycles. The average Bonchev–Trinajstić information content (AvgIpc) is 2.76. The maximum absolute atomic E-state index is 13.3. The first kappa shape index (κ1) is 21.4. The van der Waals surface area contributed by atoms with Crippen molar-refractivity contribution in [3.8, 4) is 11.8 Å². The highest BCUT2D eigenvalue weighted by Crippen LogP contribution is 2.34. The molecule has 0 N–H and O–H groups in total. The molecule has 0 spiro atoms. The third-order valence-corrected chi connectivity index (χ3v) is 5.84. The van der Waals surface area contributed by atoms with Crippen LogP contribution in [0.4, 0.5) is 4.39 Å². The van der Waals surface area contributed by atoms with E-state index < -0.39 is 6.17 Å². The molecule has 0 radical (unpaired) electrons. The summed E-state index contributed by atoms with van der Waals surface area (Å²) in [7, 11) is 0. The molecule has 0 bridgehead atoms. The van der Waals surface area contributed by atoms with Gasteiger partial charge in [0.2, 0.25) is 0 Å². The lowest BCUT2D eigenvalue weighted by molar-refractivity contribution is 0.235. The number of hydrogen-bond donors (Lipinski definition) is 0. The van der Waals surface area contributed by atoms with Gasteiger partial charge in [-0.2, -0.15) is 0 Å². The highest BCUT2D eigenvalue weighted by molar-refractivity contribution is 5.52. The molecule has 2 aromatic rings. The van der Waals surface area contributed by atoms with Crippen molar-refractivity contribution in [1.82, 2.24) is 0 Å². The van der Waals surface area contributed by atoms with Crippen molar-refractivity contribution in [2.45, 2.75) is 76.8 Å². The fraction of sp³-hybridized carbons (Fsp3) is 0.429. The molecular formula is C28H33F. The van der Waals surface area contributed by atoms with Gasteiger partial charge in [0.1, 0.15) is 6.17 Å². The van der Waals surface area contributed by atoms with Crippen molar-refractivity contribution in [2.75, 3.05) is 0 Å². The molecule has 152 valence electrons. The largest absolute Gasteiger partial charge is 0.247 e. The molecule has 0 unspecified atom stereocenters. The third-order valence-electron chi connectivity index (χ3n) is 5.84. The Kier molecular flexibility index (Phi) is 8.57. The predicted octanol–water partition coefficient (Wildman–Crippen LogP) is 8.07. The summed E-state index contributed by atoms with van der Waals surface area (Å²) in [6.07, 6.45) is 13.6. The molecule has 1 heteroatoms. The Labute approximate surface area is 176 Å². The van der Waals surface area contributed by atoms with Gasteiger partial charge in [-0.15, -0.1) is 0 Å². The minimum atomic E-state index is -0.593. The summed E-state index contributed by atoms with van der Waals surface area (Å²) in [5.41, 5.74) is 4.63. The molecule has 1 aliphatic carbocycles. The number of halogens is 1. The SMILES string of the molecule is CCCCCC/C=C/c1ccc(C#Cc2ccc(C3CCC(F)CC3)cc2)cc1. The quantitative estimate of drug-likeness (QED) is 0.332. The van der Waals surface area contributed by atoms with Gasteiger partial charge in [0, 0.05) is 11.1 Å². The number of unbranched alkanes of at least 4 members (excludes halogenated alkanes) is 4. The first-order chi connectivity index (χ1) is 14.2. The molecule has 0 amide bonds. The van der Waals surface area contributed by atoms with E-state index in [0.717, 1.165) is 30.4 Å². The van der Waals surface area contributed by atoms with Crippen LogP contribution in [-0.2, 0) is 0 Å². The van der Waals surface area contributed by atoms with Gasteiger partial charge >= 0.3 is 0 Å². The second-order valence-electron chi connectivity index (χ2n) is 8.19. The zero-order chi connectivity index (χ0) is 20.3. The Bertz CT molecular complexity index is 809. The van der Waals surface area contributed by atoms with Crippen LogP contribution in [0.15, 0.2) is 54.6 Å². The normalized spacial score (nSPS) is 19.1. The van der Waals surface area contributed by atoms with E-state index in [1.165, 1.54) is 36.8 Å². The topological polar surface area (TPSA) is 0 Å². The summed E-state index contributed by atoms with van der Waals surface area (Å²) in [5, 5.41) is 0. The first-order valence-electron chi connectivity index (χ1n) is 11.3. The monoisotopic (exact) mass is 388 g/mol. The van der Waals surface area contributed by atoms with Crippen LogP contribution in [0.25, 0.3) is 6.08 Å². The van der Waals surface area contributed by atoms with Crippen LogP contribution in [0.5, 0.6) is 0 Å². The van der Waals surface area contributed by atoms with Gasteiger partial charge in [0.15, 0.2) is 0 Å². The van der Waals surface area contributed by atoms with Gasteiger partial charge in [-0.3, -0.25) is 0 Å². The van der Waals surface area contributed by atoms with Crippen LogP contribution in [0.2, 0.25) is 0 Å². The van der Waals surface area contributed by atoms with Gasteiger partial charge in [-0.25, -0.2) is 4.39 Å². The Balaban J connectivity index is 1.51. The minimum absolute atomic E-state index is 0.510. The molecule has 0 saturated heterocycles. The number of alkyl halides is 1. The Morgan fingerprint density at radius 3 is 2.07 bits per heavy atom. The highest BCUT2D eigenvalue weighted by Gasteiger charge is 2.21. The lowest BCUT2D eigenvalue weighted by Crippen LogP contribution is -2.13. The third kappa shape index (κ3) is 7.21. The van der Waals surface area contributed by atoms with Gasteiger partial charge in [0.25, 0.3) is 0 Å². The van der Waals surface area contributed by atoms with Crippen LogP contribution in [0, 0.1) is 11.8 Å². The molecule has 0 aromatic heterocycles. The first-order valence-corrected chi connectivity index (χ1v) is 11.3. The van der Waals surface area contributed by atoms with E-state index in [2.05, 4.69) is 79.4 Å². The summed E-state index contributed by atoms with van der Waals surface area (Å²) >= 11 is 0. The molecule has 0 atom stereocenters. The van der Waals surface area contributed by atoms with Crippen LogP contribution < -0.4 is 0 Å². The molecular weight excluding hydrogens is 355 g/mol. The number of allylic oxidation sites excluding steroid dienone is 1. The lowest BCUT2D eigenvalue weighted by atomic mass is 9.83. The van der Waals surface area contributed by atoms with Crippen LogP contribution in [0.1, 0.15) is 92.9 Å². The smallest absolute Gasteiger partial charge is 0.100 e. The Morgan fingerprint density at radius 2 is 1.45 bits per heavy atom. The van der Waals surface area contributed by atoms with Crippen molar-refractivity contribution in [2.24, 2.45) is 0 Å². The molecule has 0 aliphatic heterocycles. The fourth-order valence-corrected chi connectivity index (χ4v) is 3.95. The Morgan fingerprint density at radius 1 is 0.828 bits per heavy atom. The van der Waals surface area contributed by atoms with Gasteiger partial charge < -0.3 is 0 Å². The van der Waals surface area contributed by atoms with E-state index in [-0.39, 0.29) is 0 Å². The van der Waals surface area contributed by atoms with Crippen molar-refractivity contribution >= 4 is 6.08 Å². The number of benzene rings is 2. The average molecular weight is 389 g/mol. The number of hydrogen-bond acceptors (Lipinski definition) is 0. The van der Waals surface area contributed by atoms with E-state index in [9.17, 15) is 4.39 Å². The van der Waals surface area contributed by atoms with Gasteiger partial charge in [-0.1, -0.05) is 74.4 Å². The second kappa shape index (κ2) is 11.6. The summed E-state index contributed by atoms with van der Waals surface area (Å²) < 4.78 is 13.3. The molecule has 1 aliphatic rings. The molecule has 0 nitrogen and oxygen atoms in total. The standard InChI is InChI=1S/C28H33F/c1-2-3-4-5-6-7-8-23-9-11-24(12-10-23)13-14-25-15-17-26(18-16-25)27-19-21-28(29)22-20-27/h7-12,15-18,27-28H,2-6,19-22H2,1H3/b8-7+. The predicted molar refractivity (Wildman–Crippen MR) is 123 cm³/mol. The number of rotatable bonds is 7. The summed E-state index contributed by atoms with van der Waals surface area (Å²) in [6, 6.07) is 17.0. The zero-order valence-electron chi connectivity index (χ0n) is 17.7. The maximum atomic E-state index is 13.3. The van der Waals surface area contributed by atoms with Crippen LogP contribution in [0.3, 0.4) is 0 Å². The van der Waals surface area contributed by atoms with Crippen LogP contribution in [-0.4, -0.2) is 6.17 Å². The van der Waals surface area contributed by atoms with Crippen molar-refractivity contribution < 1.29 is 4.39 Å². The van der Waals surface area contributed by atoms with E-state index in [0.29, 0.717) is 18.8 Å². The second-order valence-corrected chi connectivity index (χ2v) is 8.19. The molecule has 1 fully saturated rings. The minimum Gasteiger partial charge on any atom is -0.247 e. The molecule has 2 aromatic carbocycles. The fourth-order valence-electron chi connectivity index (χ4n) is 3.95. The van der Waals surface area contributed by atoms with Crippen LogP contribution >= 0.6 is 0 Å². The molecule has 3 rings (SSSR count). The summed E-state index contributed by atoms with van der Waals surface area (Å²) in [5.74, 6) is 7.03. The Hall–Kier alpha value is -2.33. The highest BCUT2D eigenvalue weighted by atomic mass is 19.1. The van der Waals surface area contributed by atoms with Crippen molar-refractivity contribution in [3.63, 3.8) is 0 Å². The van der Waals surface area contributed by atoms with E-state index in [1.54, 1.807) is 0 Å². The van der Waals surface area contributed by atoms with E-state index in [1.807, 2.05) is 0 Å². The van der Waals surface area contributed by atoms with Crippen molar-refractivity contribution in [3.05, 3.63) is 76.9 Å². The summed E-state index contributed by atoms with van der Waals surface area (Å²) in [6.45, 7) is 2.25. The summed E-state index contributed by atoms with van der Waals surface area (Å²) in [4.78, 5) is 0. The maximum Gasteiger partial charge on any atom is 0.100 e. The lowest BCUT2D eigenvalue weighted by Gasteiger charge is -2.24. The van der Waals surface area contributed by atoms with Gasteiger partial charge in [-0.05, 0) is 79.8 Å². The molecule has 29 heavy (non-hydrogen) atoms.